The molecular weight excluding hydrogens is 375 g/mol. The van der Waals surface area contributed by atoms with Crippen molar-refractivity contribution in [3.63, 3.8) is 0 Å². The van der Waals surface area contributed by atoms with Crippen LogP contribution < -0.4 is 9.04 Å². The Morgan fingerprint density at radius 1 is 1.15 bits per heavy atom. The number of carbonyl (C=O) groups is 1. The van der Waals surface area contributed by atoms with Crippen molar-refractivity contribution in [3.05, 3.63) is 42.7 Å². The van der Waals surface area contributed by atoms with Gasteiger partial charge in [-0.2, -0.15) is 25.9 Å². The smallest absolute Gasteiger partial charge is 0.424 e. The maximum atomic E-state index is 12.9. The second-order valence-electron chi connectivity index (χ2n) is 4.99. The topological polar surface area (TPSA) is 89.5 Å². The second-order valence-corrected chi connectivity index (χ2v) is 6.76. The van der Waals surface area contributed by atoms with Gasteiger partial charge >= 0.3 is 21.5 Å². The summed E-state index contributed by atoms with van der Waals surface area (Å²) in [5.41, 5.74) is -6.05. The number of carbonyl (C=O) groups excluding carboxylic acids is 1. The summed E-state index contributed by atoms with van der Waals surface area (Å²) in [6.45, 7) is 1.55. The van der Waals surface area contributed by atoms with E-state index in [1.165, 1.54) is 24.5 Å². The highest BCUT2D eigenvalue weighted by Crippen LogP contribution is 2.32. The summed E-state index contributed by atoms with van der Waals surface area (Å²) in [6.07, 6.45) is 2.69. The van der Waals surface area contributed by atoms with E-state index >= 15 is 0 Å². The monoisotopic (exact) mass is 389 g/mol. The molecule has 0 bridgehead atoms. The molecule has 1 aromatic heterocycles. The Bertz CT molecular complexity index is 856. The van der Waals surface area contributed by atoms with Crippen molar-refractivity contribution in [2.75, 3.05) is 4.31 Å². The molecule has 26 heavy (non-hydrogen) atoms. The largest absolute Gasteiger partial charge is 0.517 e. The molecule has 0 aliphatic rings. The normalized spacial score (nSPS) is 11.8. The first-order valence-corrected chi connectivity index (χ1v) is 8.80. The van der Waals surface area contributed by atoms with E-state index in [0.717, 1.165) is 12.1 Å². The summed E-state index contributed by atoms with van der Waals surface area (Å²) in [5, 5.41) is 0. The summed E-state index contributed by atoms with van der Waals surface area (Å²) in [7, 11) is -5.87. The molecule has 1 amide bonds. The molecule has 2 rings (SSSR count). The summed E-state index contributed by atoms with van der Waals surface area (Å²) < 4.78 is 67.3. The number of hydrogen-bond donors (Lipinski definition) is 0. The van der Waals surface area contributed by atoms with Gasteiger partial charge in [0.25, 0.3) is 0 Å². The molecule has 0 aliphatic heterocycles. The number of benzene rings is 1. The van der Waals surface area contributed by atoms with Gasteiger partial charge in [0.2, 0.25) is 5.91 Å². The van der Waals surface area contributed by atoms with Gasteiger partial charge in [0.1, 0.15) is 5.75 Å². The second kappa shape index (κ2) is 7.68. The predicted molar refractivity (Wildman–Crippen MR) is 85.9 cm³/mol. The minimum Gasteiger partial charge on any atom is -0.424 e. The van der Waals surface area contributed by atoms with E-state index in [1.807, 2.05) is 0 Å². The van der Waals surface area contributed by atoms with Gasteiger partial charge in [0.15, 0.2) is 0 Å². The molecule has 0 fully saturated rings. The molecule has 0 saturated carbocycles. The molecule has 0 saturated heterocycles. The highest BCUT2D eigenvalue weighted by atomic mass is 32.2. The van der Waals surface area contributed by atoms with Crippen molar-refractivity contribution in [1.29, 1.82) is 0 Å². The third-order valence-electron chi connectivity index (χ3n) is 3.05. The Balaban J connectivity index is 2.35. The van der Waals surface area contributed by atoms with E-state index in [2.05, 4.69) is 9.97 Å². The molecule has 1 heterocycles. The van der Waals surface area contributed by atoms with Gasteiger partial charge in [-0.05, 0) is 36.8 Å². The summed E-state index contributed by atoms with van der Waals surface area (Å²) in [5.74, 6) is -1.02. The maximum Gasteiger partial charge on any atom is 0.517 e. The van der Waals surface area contributed by atoms with Gasteiger partial charge in [0.05, 0.1) is 5.69 Å². The van der Waals surface area contributed by atoms with Crippen LogP contribution in [0.1, 0.15) is 19.8 Å². The highest BCUT2D eigenvalue weighted by Gasteiger charge is 2.52. The molecule has 0 N–H and O–H groups in total. The van der Waals surface area contributed by atoms with Crippen molar-refractivity contribution in [1.82, 2.24) is 9.97 Å². The van der Waals surface area contributed by atoms with Crippen LogP contribution in [0.3, 0.4) is 0 Å². The van der Waals surface area contributed by atoms with Crippen molar-refractivity contribution in [3.8, 4) is 11.8 Å². The standard InChI is InChI=1S/C15H14F3N3O4S/c1-2-4-13(22)21(26(23,24)15(16,17)18)11-5-7-12(8-6-11)25-14-19-9-3-10-20-14/h3,5-10H,2,4H2,1H3. The molecule has 11 heteroatoms. The van der Waals surface area contributed by atoms with Crippen molar-refractivity contribution in [2.45, 2.75) is 25.3 Å². The van der Waals surface area contributed by atoms with E-state index in [4.69, 9.17) is 4.74 Å². The number of ether oxygens (including phenoxy) is 1. The van der Waals surface area contributed by atoms with E-state index in [1.54, 1.807) is 13.0 Å². The number of hydrogen-bond acceptors (Lipinski definition) is 6. The van der Waals surface area contributed by atoms with E-state index < -0.39 is 27.1 Å². The van der Waals surface area contributed by atoms with Gasteiger partial charge in [-0.25, -0.2) is 9.97 Å². The van der Waals surface area contributed by atoms with Gasteiger partial charge in [-0.1, -0.05) is 6.92 Å². The van der Waals surface area contributed by atoms with Crippen LogP contribution in [-0.4, -0.2) is 29.8 Å². The molecule has 0 unspecified atom stereocenters. The van der Waals surface area contributed by atoms with Crippen molar-refractivity contribution in [2.24, 2.45) is 0 Å². The third kappa shape index (κ3) is 4.28. The number of nitrogens with zero attached hydrogens (tertiary/aromatic N) is 3. The quantitative estimate of drug-likeness (QED) is 0.753. The lowest BCUT2D eigenvalue weighted by atomic mass is 10.2. The van der Waals surface area contributed by atoms with Gasteiger partial charge < -0.3 is 4.74 Å². The van der Waals surface area contributed by atoms with Gasteiger partial charge in [-0.15, -0.1) is 0 Å². The zero-order chi connectivity index (χ0) is 19.4. The lowest BCUT2D eigenvalue weighted by Crippen LogP contribution is -2.44. The fourth-order valence-corrected chi connectivity index (χ4v) is 2.89. The summed E-state index contributed by atoms with van der Waals surface area (Å²) >= 11 is 0. The van der Waals surface area contributed by atoms with E-state index in [0.29, 0.717) is 0 Å². The first-order valence-electron chi connectivity index (χ1n) is 7.36. The SMILES string of the molecule is CCCC(=O)N(c1ccc(Oc2ncccn2)cc1)S(=O)(=O)C(F)(F)F. The summed E-state index contributed by atoms with van der Waals surface area (Å²) in [6, 6.07) is 6.06. The number of amides is 1. The molecule has 2 aromatic rings. The Hall–Kier alpha value is -2.69. The average Bonchev–Trinajstić information content (AvgIpc) is 2.56. The Kier molecular flexibility index (Phi) is 5.80. The number of sulfonamides is 1. The lowest BCUT2D eigenvalue weighted by molar-refractivity contribution is -0.118. The van der Waals surface area contributed by atoms with Crippen LogP contribution in [0, 0.1) is 0 Å². The van der Waals surface area contributed by atoms with Crippen LogP contribution in [0.5, 0.6) is 11.8 Å². The molecule has 0 atom stereocenters. The number of aromatic nitrogens is 2. The Morgan fingerprint density at radius 3 is 2.23 bits per heavy atom. The first kappa shape index (κ1) is 19.6. The number of anilines is 1. The first-order chi connectivity index (χ1) is 12.2. The minimum atomic E-state index is -5.87. The van der Waals surface area contributed by atoms with Crippen LogP contribution in [0.2, 0.25) is 0 Å². The number of alkyl halides is 3. The zero-order valence-corrected chi connectivity index (χ0v) is 14.3. The molecular formula is C15H14F3N3O4S. The van der Waals surface area contributed by atoms with Gasteiger partial charge in [-0.3, -0.25) is 4.79 Å². The Morgan fingerprint density at radius 2 is 1.73 bits per heavy atom. The Labute approximate surface area is 147 Å². The summed E-state index contributed by atoms with van der Waals surface area (Å²) in [4.78, 5) is 19.6. The van der Waals surface area contributed by atoms with Crippen LogP contribution in [-0.2, 0) is 14.8 Å². The molecule has 0 aliphatic carbocycles. The van der Waals surface area contributed by atoms with E-state index in [9.17, 15) is 26.4 Å². The lowest BCUT2D eigenvalue weighted by Gasteiger charge is -2.23. The van der Waals surface area contributed by atoms with Crippen LogP contribution in [0.25, 0.3) is 0 Å². The van der Waals surface area contributed by atoms with Crippen LogP contribution >= 0.6 is 0 Å². The van der Waals surface area contributed by atoms with Crippen LogP contribution in [0.4, 0.5) is 18.9 Å². The average molecular weight is 389 g/mol. The molecule has 0 spiro atoms. The highest BCUT2D eigenvalue weighted by molar-refractivity contribution is 7.94. The molecule has 7 nitrogen and oxygen atoms in total. The van der Waals surface area contributed by atoms with E-state index in [-0.39, 0.29) is 28.9 Å². The molecule has 140 valence electrons. The predicted octanol–water partition coefficient (Wildman–Crippen LogP) is 3.25. The molecule has 0 radical (unpaired) electrons. The number of halogens is 3. The third-order valence-corrected chi connectivity index (χ3v) is 4.53. The number of rotatable bonds is 6. The maximum absolute atomic E-state index is 12.9. The van der Waals surface area contributed by atoms with Gasteiger partial charge in [0, 0.05) is 18.8 Å². The van der Waals surface area contributed by atoms with Crippen LogP contribution in [0.15, 0.2) is 42.7 Å². The minimum absolute atomic E-state index is 0.00192. The molecule has 1 aromatic carbocycles. The fraction of sp³-hybridized carbons (Fsp3) is 0.267. The van der Waals surface area contributed by atoms with Crippen molar-refractivity contribution >= 4 is 21.6 Å². The van der Waals surface area contributed by atoms with Crippen molar-refractivity contribution < 1.29 is 31.1 Å². The zero-order valence-electron chi connectivity index (χ0n) is 13.5. The fourth-order valence-electron chi connectivity index (χ4n) is 1.93.